The van der Waals surface area contributed by atoms with Gasteiger partial charge in [0.25, 0.3) is 0 Å². The third-order valence-corrected chi connectivity index (χ3v) is 5.75. The molecule has 1 unspecified atom stereocenters. The molecule has 0 saturated heterocycles. The summed E-state index contributed by atoms with van der Waals surface area (Å²) in [5.41, 5.74) is 4.14. The molecule has 0 fully saturated rings. The molecule has 1 heterocycles. The van der Waals surface area contributed by atoms with Crippen molar-refractivity contribution in [2.75, 3.05) is 7.05 Å². The van der Waals surface area contributed by atoms with Crippen molar-refractivity contribution in [1.82, 2.24) is 5.32 Å². The van der Waals surface area contributed by atoms with Gasteiger partial charge in [-0.05, 0) is 67.4 Å². The van der Waals surface area contributed by atoms with E-state index < -0.39 is 0 Å². The Hall–Kier alpha value is -0.640. The zero-order valence-electron chi connectivity index (χ0n) is 11.9. The topological polar surface area (TPSA) is 12.0 Å². The van der Waals surface area contributed by atoms with Crippen LogP contribution in [0.15, 0.2) is 28.7 Å². The van der Waals surface area contributed by atoms with Crippen molar-refractivity contribution >= 4 is 27.3 Å². The summed E-state index contributed by atoms with van der Waals surface area (Å²) in [6.07, 6.45) is 1.04. The maximum atomic E-state index is 3.61. The van der Waals surface area contributed by atoms with Gasteiger partial charge < -0.3 is 5.32 Å². The molecule has 0 aliphatic rings. The molecule has 19 heavy (non-hydrogen) atoms. The van der Waals surface area contributed by atoms with E-state index in [1.165, 1.54) is 30.9 Å². The van der Waals surface area contributed by atoms with Crippen LogP contribution < -0.4 is 5.32 Å². The summed E-state index contributed by atoms with van der Waals surface area (Å²) in [6, 6.07) is 9.32. The molecule has 0 radical (unpaired) electrons. The van der Waals surface area contributed by atoms with Crippen LogP contribution in [0.2, 0.25) is 0 Å². The first-order chi connectivity index (χ1) is 9.01. The lowest BCUT2D eigenvalue weighted by Crippen LogP contribution is -2.18. The highest BCUT2D eigenvalue weighted by molar-refractivity contribution is 9.10. The predicted molar refractivity (Wildman–Crippen MR) is 88.2 cm³/mol. The molecule has 1 aromatic heterocycles. The monoisotopic (exact) mass is 337 g/mol. The minimum absolute atomic E-state index is 0.385. The van der Waals surface area contributed by atoms with Gasteiger partial charge in [-0.15, -0.1) is 11.3 Å². The summed E-state index contributed by atoms with van der Waals surface area (Å²) in [4.78, 5) is 2.74. The van der Waals surface area contributed by atoms with Gasteiger partial charge in [-0.1, -0.05) is 23.8 Å². The Kier molecular flexibility index (Phi) is 4.82. The van der Waals surface area contributed by atoms with Gasteiger partial charge in [0.15, 0.2) is 0 Å². The predicted octanol–water partition coefficient (Wildman–Crippen LogP) is 4.94. The Balaban J connectivity index is 2.26. The van der Waals surface area contributed by atoms with Crippen LogP contribution in [0.1, 0.15) is 32.5 Å². The quantitative estimate of drug-likeness (QED) is 0.833. The van der Waals surface area contributed by atoms with Gasteiger partial charge >= 0.3 is 0 Å². The minimum atomic E-state index is 0.385. The molecule has 1 nitrogen and oxygen atoms in total. The standard InChI is InChI=1S/C16H20BrNS/c1-10-5-6-11(2)13(7-10)8-15(18-4)16-9-14(17)12(3)19-16/h5-7,9,15,18H,8H2,1-4H3. The maximum absolute atomic E-state index is 3.61. The van der Waals surface area contributed by atoms with Crippen LogP contribution in [0.4, 0.5) is 0 Å². The average Bonchev–Trinajstić information content (AvgIpc) is 2.70. The average molecular weight is 338 g/mol. The third kappa shape index (κ3) is 3.47. The second-order valence-corrected chi connectivity index (χ2v) is 7.17. The lowest BCUT2D eigenvalue weighted by Gasteiger charge is -2.16. The van der Waals surface area contributed by atoms with Crippen molar-refractivity contribution in [2.24, 2.45) is 0 Å². The van der Waals surface area contributed by atoms with E-state index in [9.17, 15) is 0 Å². The van der Waals surface area contributed by atoms with Crippen molar-refractivity contribution in [2.45, 2.75) is 33.2 Å². The molecule has 0 spiro atoms. The number of likely N-dealkylation sites (N-methyl/N-ethyl adjacent to an activating group) is 1. The zero-order chi connectivity index (χ0) is 14.0. The highest BCUT2D eigenvalue weighted by Crippen LogP contribution is 2.32. The van der Waals surface area contributed by atoms with Gasteiger partial charge in [-0.25, -0.2) is 0 Å². The molecule has 1 N–H and O–H groups in total. The Labute approximate surface area is 128 Å². The number of rotatable bonds is 4. The number of aryl methyl sites for hydroxylation is 3. The molecule has 0 aliphatic carbocycles. The van der Waals surface area contributed by atoms with Crippen molar-refractivity contribution in [3.63, 3.8) is 0 Å². The summed E-state index contributed by atoms with van der Waals surface area (Å²) in [5, 5.41) is 3.44. The van der Waals surface area contributed by atoms with Crippen LogP contribution in [-0.4, -0.2) is 7.05 Å². The Morgan fingerprint density at radius 3 is 2.53 bits per heavy atom. The summed E-state index contributed by atoms with van der Waals surface area (Å²) in [5.74, 6) is 0. The summed E-state index contributed by atoms with van der Waals surface area (Å²) >= 11 is 5.47. The molecule has 3 heteroatoms. The smallest absolute Gasteiger partial charge is 0.0453 e. The van der Waals surface area contributed by atoms with E-state index in [1.807, 2.05) is 18.4 Å². The van der Waals surface area contributed by atoms with Gasteiger partial charge in [0.05, 0.1) is 0 Å². The summed E-state index contributed by atoms with van der Waals surface area (Å²) < 4.78 is 1.22. The Bertz CT molecular complexity index is 555. The van der Waals surface area contributed by atoms with Gasteiger partial charge in [0, 0.05) is 20.3 Å². The van der Waals surface area contributed by atoms with Crippen LogP contribution >= 0.6 is 27.3 Å². The second-order valence-electron chi connectivity index (χ2n) is 5.03. The lowest BCUT2D eigenvalue weighted by atomic mass is 9.98. The van der Waals surface area contributed by atoms with Crippen LogP contribution in [0.3, 0.4) is 0 Å². The van der Waals surface area contributed by atoms with E-state index >= 15 is 0 Å². The summed E-state index contributed by atoms with van der Waals surface area (Å²) in [7, 11) is 2.04. The van der Waals surface area contributed by atoms with Crippen molar-refractivity contribution in [3.05, 3.63) is 55.2 Å². The number of hydrogen-bond acceptors (Lipinski definition) is 2. The van der Waals surface area contributed by atoms with Gasteiger partial charge in [-0.3, -0.25) is 0 Å². The fraction of sp³-hybridized carbons (Fsp3) is 0.375. The summed E-state index contributed by atoms with van der Waals surface area (Å²) in [6.45, 7) is 6.50. The van der Waals surface area contributed by atoms with Crippen LogP contribution in [0.25, 0.3) is 0 Å². The van der Waals surface area contributed by atoms with Crippen molar-refractivity contribution in [3.8, 4) is 0 Å². The number of nitrogens with one attached hydrogen (secondary N) is 1. The fourth-order valence-electron chi connectivity index (χ4n) is 2.24. The molecule has 0 amide bonds. The van der Waals surface area contributed by atoms with Crippen molar-refractivity contribution < 1.29 is 0 Å². The molecule has 2 aromatic rings. The molecule has 1 aromatic carbocycles. The van der Waals surface area contributed by atoms with E-state index in [-0.39, 0.29) is 0 Å². The lowest BCUT2D eigenvalue weighted by molar-refractivity contribution is 0.600. The Morgan fingerprint density at radius 2 is 1.95 bits per heavy atom. The SMILES string of the molecule is CNC(Cc1cc(C)ccc1C)c1cc(Br)c(C)s1. The number of hydrogen-bond donors (Lipinski definition) is 1. The third-order valence-electron chi connectivity index (χ3n) is 3.50. The first kappa shape index (κ1) is 14.8. The van der Waals surface area contributed by atoms with Crippen LogP contribution in [-0.2, 0) is 6.42 Å². The second kappa shape index (κ2) is 6.21. The highest BCUT2D eigenvalue weighted by atomic mass is 79.9. The van der Waals surface area contributed by atoms with Gasteiger partial charge in [-0.2, -0.15) is 0 Å². The molecule has 0 bridgehead atoms. The number of benzene rings is 1. The van der Waals surface area contributed by atoms with Gasteiger partial charge in [0.1, 0.15) is 0 Å². The largest absolute Gasteiger partial charge is 0.312 e. The number of halogens is 1. The van der Waals surface area contributed by atoms with E-state index in [0.717, 1.165) is 6.42 Å². The first-order valence-electron chi connectivity index (χ1n) is 6.50. The maximum Gasteiger partial charge on any atom is 0.0453 e. The van der Waals surface area contributed by atoms with E-state index in [2.05, 4.69) is 66.3 Å². The molecular formula is C16H20BrNS. The van der Waals surface area contributed by atoms with E-state index in [4.69, 9.17) is 0 Å². The van der Waals surface area contributed by atoms with Crippen LogP contribution in [0.5, 0.6) is 0 Å². The van der Waals surface area contributed by atoms with Crippen molar-refractivity contribution in [1.29, 1.82) is 0 Å². The first-order valence-corrected chi connectivity index (χ1v) is 8.11. The molecule has 2 rings (SSSR count). The van der Waals surface area contributed by atoms with Gasteiger partial charge in [0.2, 0.25) is 0 Å². The normalized spacial score (nSPS) is 12.7. The van der Waals surface area contributed by atoms with Crippen LogP contribution in [0, 0.1) is 20.8 Å². The molecule has 102 valence electrons. The highest BCUT2D eigenvalue weighted by Gasteiger charge is 2.15. The van der Waals surface area contributed by atoms with E-state index in [1.54, 1.807) is 0 Å². The van der Waals surface area contributed by atoms with E-state index in [0.29, 0.717) is 6.04 Å². The number of thiophene rings is 1. The molecule has 0 aliphatic heterocycles. The molecule has 0 saturated carbocycles. The molecular weight excluding hydrogens is 318 g/mol. The zero-order valence-corrected chi connectivity index (χ0v) is 14.3. The minimum Gasteiger partial charge on any atom is -0.312 e. The fourth-order valence-corrected chi connectivity index (χ4v) is 3.91. The molecule has 1 atom stereocenters. The Morgan fingerprint density at radius 1 is 1.21 bits per heavy atom.